The van der Waals surface area contributed by atoms with Gasteiger partial charge in [0, 0.05) is 18.9 Å². The van der Waals surface area contributed by atoms with E-state index in [1.807, 2.05) is 0 Å². The molecule has 2 rings (SSSR count). The van der Waals surface area contributed by atoms with E-state index in [1.165, 1.54) is 25.6 Å². The fraction of sp³-hybridized carbons (Fsp3) is 0.154. The summed E-state index contributed by atoms with van der Waals surface area (Å²) in [5, 5.41) is 0. The Bertz CT molecular complexity index is 687. The van der Waals surface area contributed by atoms with Gasteiger partial charge in [-0.25, -0.2) is 8.42 Å². The minimum absolute atomic E-state index is 0.0879. The Hall–Kier alpha value is -2.12. The third kappa shape index (κ3) is 3.06. The van der Waals surface area contributed by atoms with Crippen molar-refractivity contribution in [2.45, 2.75) is 11.4 Å². The molecule has 0 saturated heterocycles. The molecule has 3 N–H and O–H groups in total. The van der Waals surface area contributed by atoms with Crippen LogP contribution in [0.2, 0.25) is 0 Å². The number of anilines is 1. The molecule has 0 amide bonds. The second-order valence-corrected chi connectivity index (χ2v) is 5.72. The summed E-state index contributed by atoms with van der Waals surface area (Å²) < 4.78 is 32.0. The first kappa shape index (κ1) is 14.3. The molecule has 1 heterocycles. The number of rotatable bonds is 5. The molecule has 0 saturated carbocycles. The van der Waals surface area contributed by atoms with Gasteiger partial charge in [0.05, 0.1) is 12.8 Å². The summed E-state index contributed by atoms with van der Waals surface area (Å²) in [6, 6.07) is 8.08. The smallest absolute Gasteiger partial charge is 0.263 e. The largest absolute Gasteiger partial charge is 0.495 e. The number of pyridine rings is 1. The lowest BCUT2D eigenvalue weighted by molar-refractivity contribution is 0.416. The van der Waals surface area contributed by atoms with Crippen molar-refractivity contribution in [2.75, 3.05) is 11.8 Å². The minimum atomic E-state index is -3.69. The van der Waals surface area contributed by atoms with E-state index in [2.05, 4.69) is 9.71 Å². The van der Waals surface area contributed by atoms with E-state index in [4.69, 9.17) is 10.5 Å². The highest BCUT2D eigenvalue weighted by molar-refractivity contribution is 7.92. The number of nitrogens with one attached hydrogen (secondary N) is 1. The van der Waals surface area contributed by atoms with Gasteiger partial charge < -0.3 is 10.5 Å². The molecule has 2 aromatic rings. The van der Waals surface area contributed by atoms with Crippen LogP contribution >= 0.6 is 0 Å². The van der Waals surface area contributed by atoms with Crippen molar-refractivity contribution in [3.05, 3.63) is 48.3 Å². The van der Waals surface area contributed by atoms with Crippen LogP contribution in [-0.4, -0.2) is 20.5 Å². The number of nitrogens with zero attached hydrogens (tertiary/aromatic N) is 1. The van der Waals surface area contributed by atoms with Crippen LogP contribution in [0, 0.1) is 0 Å². The molecule has 0 aliphatic heterocycles. The predicted molar refractivity (Wildman–Crippen MR) is 75.9 cm³/mol. The van der Waals surface area contributed by atoms with Crippen molar-refractivity contribution < 1.29 is 13.2 Å². The van der Waals surface area contributed by atoms with E-state index >= 15 is 0 Å². The highest BCUT2D eigenvalue weighted by Gasteiger charge is 2.16. The fourth-order valence-electron chi connectivity index (χ4n) is 1.66. The van der Waals surface area contributed by atoms with Crippen LogP contribution in [0.15, 0.2) is 47.6 Å². The average Bonchev–Trinajstić information content (AvgIpc) is 2.48. The Kier molecular flexibility index (Phi) is 4.21. The molecule has 0 aliphatic rings. The number of methoxy groups -OCH3 is 1. The molecule has 6 nitrogen and oxygen atoms in total. The van der Waals surface area contributed by atoms with E-state index < -0.39 is 10.0 Å². The molecule has 20 heavy (non-hydrogen) atoms. The summed E-state index contributed by atoms with van der Waals surface area (Å²) in [6.07, 6.45) is 2.79. The third-order valence-corrected chi connectivity index (χ3v) is 4.04. The molecule has 1 aromatic carbocycles. The van der Waals surface area contributed by atoms with E-state index in [1.54, 1.807) is 24.3 Å². The van der Waals surface area contributed by atoms with Gasteiger partial charge in [-0.15, -0.1) is 0 Å². The van der Waals surface area contributed by atoms with Gasteiger partial charge in [0.15, 0.2) is 0 Å². The highest BCUT2D eigenvalue weighted by atomic mass is 32.2. The first-order valence-electron chi connectivity index (χ1n) is 5.86. The fourth-order valence-corrected chi connectivity index (χ4v) is 2.69. The van der Waals surface area contributed by atoms with Crippen LogP contribution < -0.4 is 15.2 Å². The summed E-state index contributed by atoms with van der Waals surface area (Å²) in [5.41, 5.74) is 6.75. The maximum absolute atomic E-state index is 12.2. The molecule has 0 bridgehead atoms. The molecule has 0 radical (unpaired) electrons. The molecular weight excluding hydrogens is 278 g/mol. The van der Waals surface area contributed by atoms with Gasteiger partial charge in [-0.2, -0.15) is 0 Å². The van der Waals surface area contributed by atoms with Gasteiger partial charge in [-0.1, -0.05) is 6.07 Å². The summed E-state index contributed by atoms with van der Waals surface area (Å²) in [7, 11) is -2.22. The summed E-state index contributed by atoms with van der Waals surface area (Å²) in [5.74, 6) is 0.417. The van der Waals surface area contributed by atoms with Gasteiger partial charge in [-0.3, -0.25) is 9.71 Å². The van der Waals surface area contributed by atoms with Gasteiger partial charge >= 0.3 is 0 Å². The number of aromatic nitrogens is 1. The Balaban J connectivity index is 2.35. The Morgan fingerprint density at radius 2 is 2.15 bits per heavy atom. The predicted octanol–water partition coefficient (Wildman–Crippen LogP) is 1.35. The number of nitrogens with two attached hydrogens (primary N) is 1. The van der Waals surface area contributed by atoms with Crippen LogP contribution in [0.3, 0.4) is 0 Å². The number of sulfonamides is 1. The zero-order valence-corrected chi connectivity index (χ0v) is 11.7. The molecular formula is C13H15N3O3S. The van der Waals surface area contributed by atoms with Crippen LogP contribution in [0.25, 0.3) is 0 Å². The third-order valence-electron chi connectivity index (χ3n) is 2.69. The highest BCUT2D eigenvalue weighted by Crippen LogP contribution is 2.27. The van der Waals surface area contributed by atoms with Crippen molar-refractivity contribution in [1.29, 1.82) is 0 Å². The maximum atomic E-state index is 12.2. The quantitative estimate of drug-likeness (QED) is 0.867. The minimum Gasteiger partial charge on any atom is -0.495 e. The first-order valence-corrected chi connectivity index (χ1v) is 7.35. The van der Waals surface area contributed by atoms with Crippen molar-refractivity contribution in [2.24, 2.45) is 5.73 Å². The molecule has 7 heteroatoms. The lowest BCUT2D eigenvalue weighted by atomic mass is 10.2. The van der Waals surface area contributed by atoms with Crippen molar-refractivity contribution in [1.82, 2.24) is 4.98 Å². The van der Waals surface area contributed by atoms with Crippen molar-refractivity contribution >= 4 is 15.7 Å². The van der Waals surface area contributed by atoms with Crippen LogP contribution in [-0.2, 0) is 16.6 Å². The van der Waals surface area contributed by atoms with Crippen molar-refractivity contribution in [3.8, 4) is 5.75 Å². The lowest BCUT2D eigenvalue weighted by Gasteiger charge is -2.12. The SMILES string of the molecule is COc1cc(CN)ccc1NS(=O)(=O)c1cccnc1. The average molecular weight is 293 g/mol. The summed E-state index contributed by atoms with van der Waals surface area (Å²) in [4.78, 5) is 3.88. The van der Waals surface area contributed by atoms with Crippen molar-refractivity contribution in [3.63, 3.8) is 0 Å². The van der Waals surface area contributed by atoms with E-state index in [9.17, 15) is 8.42 Å². The second-order valence-electron chi connectivity index (χ2n) is 4.03. The number of ether oxygens (including phenoxy) is 1. The van der Waals surface area contributed by atoms with Crippen LogP contribution in [0.1, 0.15) is 5.56 Å². The lowest BCUT2D eigenvalue weighted by Crippen LogP contribution is -2.14. The van der Waals surface area contributed by atoms with E-state index in [0.29, 0.717) is 18.0 Å². The Morgan fingerprint density at radius 3 is 2.75 bits per heavy atom. The second kappa shape index (κ2) is 5.89. The van der Waals surface area contributed by atoms with Crippen LogP contribution in [0.4, 0.5) is 5.69 Å². The molecule has 0 atom stereocenters. The van der Waals surface area contributed by atoms with E-state index in [-0.39, 0.29) is 4.90 Å². The first-order chi connectivity index (χ1) is 9.56. The van der Waals surface area contributed by atoms with Gasteiger partial charge in [0.2, 0.25) is 0 Å². The van der Waals surface area contributed by atoms with E-state index in [0.717, 1.165) is 5.56 Å². The zero-order valence-electron chi connectivity index (χ0n) is 10.9. The number of hydrogen-bond acceptors (Lipinski definition) is 5. The zero-order chi connectivity index (χ0) is 14.6. The topological polar surface area (TPSA) is 94.3 Å². The Labute approximate surface area is 117 Å². The number of benzene rings is 1. The molecule has 1 aromatic heterocycles. The van der Waals surface area contributed by atoms with Gasteiger partial charge in [0.25, 0.3) is 10.0 Å². The van der Waals surface area contributed by atoms with Gasteiger partial charge in [0.1, 0.15) is 10.6 Å². The molecule has 0 aliphatic carbocycles. The monoisotopic (exact) mass is 293 g/mol. The van der Waals surface area contributed by atoms with Gasteiger partial charge in [-0.05, 0) is 29.8 Å². The molecule has 0 spiro atoms. The summed E-state index contributed by atoms with van der Waals surface area (Å²) >= 11 is 0. The molecule has 0 unspecified atom stereocenters. The molecule has 0 fully saturated rings. The van der Waals surface area contributed by atoms with Crippen LogP contribution in [0.5, 0.6) is 5.75 Å². The Morgan fingerprint density at radius 1 is 1.35 bits per heavy atom. The summed E-state index contributed by atoms with van der Waals surface area (Å²) in [6.45, 7) is 0.353. The number of hydrogen-bond donors (Lipinski definition) is 2. The normalized spacial score (nSPS) is 11.1. The molecule has 106 valence electrons. The maximum Gasteiger partial charge on any atom is 0.263 e. The standard InChI is InChI=1S/C13H15N3O3S/c1-19-13-7-10(8-14)4-5-12(13)16-20(17,18)11-3-2-6-15-9-11/h2-7,9,16H,8,14H2,1H3.